The normalized spacial score (nSPS) is 11.3. The van der Waals surface area contributed by atoms with E-state index >= 15 is 0 Å². The van der Waals surface area contributed by atoms with E-state index < -0.39 is 0 Å². The van der Waals surface area contributed by atoms with E-state index in [-0.39, 0.29) is 0 Å². The number of hydrogen-bond donors (Lipinski definition) is 0. The molecule has 27 rings (SSSR count). The lowest BCUT2D eigenvalue weighted by Gasteiger charge is -1.97. The summed E-state index contributed by atoms with van der Waals surface area (Å²) in [5.74, 6) is 0. The molecule has 666 valence electrons. The number of para-hydroxylation sites is 2. The summed E-state index contributed by atoms with van der Waals surface area (Å²) in [5.41, 5.74) is 35.0. The molecule has 0 unspecified atom stereocenters. The summed E-state index contributed by atoms with van der Waals surface area (Å²) in [5, 5.41) is 23.1. The van der Waals surface area contributed by atoms with Crippen molar-refractivity contribution in [1.29, 1.82) is 0 Å². The summed E-state index contributed by atoms with van der Waals surface area (Å²) in [4.78, 5) is 0. The summed E-state index contributed by atoms with van der Waals surface area (Å²) in [7, 11) is 0. The number of thiophene rings is 3. The molecule has 0 saturated heterocycles. The van der Waals surface area contributed by atoms with Gasteiger partial charge >= 0.3 is 0 Å². The summed E-state index contributed by atoms with van der Waals surface area (Å²) < 4.78 is 43.4. The third-order valence-corrected chi connectivity index (χ3v) is 29.7. The molecule has 0 bridgehead atoms. The zero-order chi connectivity index (χ0) is 93.7. The van der Waals surface area contributed by atoms with Gasteiger partial charge in [-0.15, -0.1) is 34.0 Å². The molecule has 0 amide bonds. The van der Waals surface area contributed by atoms with Crippen molar-refractivity contribution in [3.63, 3.8) is 0 Å². The first kappa shape index (κ1) is 89.6. The zero-order valence-electron chi connectivity index (χ0n) is 79.9. The van der Waals surface area contributed by atoms with Crippen LogP contribution in [0, 0.1) is 125 Å². The molecule has 9 heteroatoms. The van der Waals surface area contributed by atoms with Gasteiger partial charge in [0.15, 0.2) is 0 Å². The number of fused-ring (bicyclic) bond motifs is 27. The van der Waals surface area contributed by atoms with Gasteiger partial charge in [0.1, 0.15) is 67.0 Å². The maximum Gasteiger partial charge on any atom is 0.138 e. The summed E-state index contributed by atoms with van der Waals surface area (Å²) in [6, 6.07) is 115. The molecule has 0 saturated carbocycles. The standard InChI is InChI=1S/6C14H12O.3C14H12S/c1-9-3-5-11-12-6-4-10(2)8-14(12)15-13(11)7-9;1-9-5-3-7-11-13(9)14-10(2)6-4-8-12(14)15-11;1-9-6-7-12-11(8-9)14-10(2)4-3-5-13(14)15-12;1-9-6-7-11-13(8-9)15-12-5-3-4-10(2)14(11)12;1-9-6-7-11-12-5-3-4-10(2)14(12)15-13(11)8-9;1-9-6-7-13-12(8-9)11-5-3-4-10(2)14(11)15-13;1-9-5-4-8-12-13(9)11-7-3-6-10(2)14(11)15-12;1-9-3-5-11-12-6-4-10(2)8-14(12)15-13(11)7-9;1-9-5-3-7-11-12-8-4-6-10(2)14(12)15-13(9)11/h9*3-8H,1-2H3. The second kappa shape index (κ2) is 37.8. The van der Waals surface area contributed by atoms with Crippen LogP contribution < -0.4 is 0 Å². The Hall–Kier alpha value is -14.6. The van der Waals surface area contributed by atoms with Crippen molar-refractivity contribution in [1.82, 2.24) is 0 Å². The summed E-state index contributed by atoms with van der Waals surface area (Å²) in [6.45, 7) is 38.3. The number of hydrogen-bond acceptors (Lipinski definition) is 9. The van der Waals surface area contributed by atoms with Crippen LogP contribution in [0.3, 0.4) is 0 Å². The van der Waals surface area contributed by atoms with Gasteiger partial charge in [-0.05, 0) is 305 Å². The molecule has 9 aromatic heterocycles. The van der Waals surface area contributed by atoms with Crippen LogP contribution in [-0.2, 0) is 0 Å². The van der Waals surface area contributed by atoms with Crippen molar-refractivity contribution >= 4 is 226 Å². The van der Waals surface area contributed by atoms with Gasteiger partial charge in [-0.2, -0.15) is 0 Å². The van der Waals surface area contributed by atoms with E-state index in [9.17, 15) is 0 Å². The third kappa shape index (κ3) is 18.1. The van der Waals surface area contributed by atoms with Crippen LogP contribution in [0.5, 0.6) is 0 Å². The van der Waals surface area contributed by atoms with Gasteiger partial charge in [0, 0.05) is 125 Å². The van der Waals surface area contributed by atoms with Crippen LogP contribution in [0.25, 0.3) is 192 Å². The second-order valence-corrected chi connectivity index (χ2v) is 39.6. The van der Waals surface area contributed by atoms with Gasteiger partial charge in [0.2, 0.25) is 0 Å². The average Bonchev–Trinajstić information content (AvgIpc) is 1.68. The molecule has 0 N–H and O–H groups in total. The van der Waals surface area contributed by atoms with E-state index in [0.717, 1.165) is 67.0 Å². The van der Waals surface area contributed by atoms with E-state index in [1.54, 1.807) is 0 Å². The van der Waals surface area contributed by atoms with Crippen molar-refractivity contribution in [2.75, 3.05) is 0 Å². The number of aryl methyl sites for hydroxylation is 18. The highest BCUT2D eigenvalue weighted by Crippen LogP contribution is 2.43. The summed E-state index contributed by atoms with van der Waals surface area (Å²) >= 11 is 5.71. The first-order valence-corrected chi connectivity index (χ1v) is 48.7. The predicted octanol–water partition coefficient (Wildman–Crippen LogP) is 39.2. The van der Waals surface area contributed by atoms with Gasteiger partial charge in [0.05, 0.1) is 0 Å². The van der Waals surface area contributed by atoms with E-state index in [1.165, 1.54) is 225 Å². The molecular formula is C126H108O6S3. The van der Waals surface area contributed by atoms with E-state index in [1.807, 2.05) is 94.7 Å². The van der Waals surface area contributed by atoms with Gasteiger partial charge < -0.3 is 26.5 Å². The Labute approximate surface area is 798 Å². The van der Waals surface area contributed by atoms with Gasteiger partial charge in [-0.3, -0.25) is 0 Å². The maximum absolute atomic E-state index is 5.86. The van der Waals surface area contributed by atoms with Gasteiger partial charge in [0.25, 0.3) is 0 Å². The average molecular weight is 1810 g/mol. The highest BCUT2D eigenvalue weighted by Gasteiger charge is 2.17. The van der Waals surface area contributed by atoms with Crippen molar-refractivity contribution in [2.45, 2.75) is 125 Å². The molecule has 9 heterocycles. The van der Waals surface area contributed by atoms with Crippen LogP contribution in [0.4, 0.5) is 0 Å². The monoisotopic (exact) mass is 1810 g/mol. The molecule has 6 nitrogen and oxygen atoms in total. The molecule has 0 aliphatic heterocycles. The second-order valence-electron chi connectivity index (χ2n) is 36.4. The first-order valence-electron chi connectivity index (χ1n) is 46.3. The Morgan fingerprint density at radius 1 is 0.141 bits per heavy atom. The Morgan fingerprint density at radius 3 is 0.896 bits per heavy atom. The quantitative estimate of drug-likeness (QED) is 0.151. The first-order chi connectivity index (χ1) is 65.3. The fourth-order valence-electron chi connectivity index (χ4n) is 18.8. The van der Waals surface area contributed by atoms with Crippen LogP contribution >= 0.6 is 34.0 Å². The minimum Gasteiger partial charge on any atom is -0.456 e. The predicted molar refractivity (Wildman–Crippen MR) is 586 cm³/mol. The molecule has 18 aromatic carbocycles. The minimum absolute atomic E-state index is 0.977. The number of benzene rings is 18. The Morgan fingerprint density at radius 2 is 0.422 bits per heavy atom. The Balaban J connectivity index is 0.0000000975. The molecule has 0 aliphatic carbocycles. The largest absolute Gasteiger partial charge is 0.456 e. The number of furan rings is 6. The molecular weight excluding hydrogens is 1710 g/mol. The van der Waals surface area contributed by atoms with Crippen molar-refractivity contribution in [3.05, 3.63) is 428 Å². The Bertz CT molecular complexity index is 8750. The van der Waals surface area contributed by atoms with Crippen LogP contribution in [0.2, 0.25) is 0 Å². The van der Waals surface area contributed by atoms with Crippen molar-refractivity contribution in [3.8, 4) is 0 Å². The lowest BCUT2D eigenvalue weighted by molar-refractivity contribution is 0.665. The Kier molecular flexibility index (Phi) is 25.1. The third-order valence-electron chi connectivity index (χ3n) is 25.8. The number of rotatable bonds is 0. The topological polar surface area (TPSA) is 78.8 Å². The fourth-order valence-corrected chi connectivity index (χ4v) is 22.6. The molecule has 0 aliphatic rings. The molecule has 0 radical (unpaired) electrons. The van der Waals surface area contributed by atoms with Gasteiger partial charge in [-0.25, -0.2) is 0 Å². The SMILES string of the molecule is Cc1ccc2c(c1)oc1c(C)cccc12.Cc1ccc2c(c1)oc1cc(C)ccc12.Cc1ccc2c(c1)oc1cccc(C)c12.Cc1ccc2c(c1)sc1cc(C)ccc12.Cc1ccc2oc3c(C)cccc3c2c1.Cc1ccc2oc3cccc(C)c3c2c1.Cc1cccc2c1sc1c(C)cccc12.Cc1cccc2c1sc1cccc(C)c12.Cc1cccc2oc3cccc(C)c3c12. The van der Waals surface area contributed by atoms with Crippen LogP contribution in [0.1, 0.15) is 100 Å². The van der Waals surface area contributed by atoms with Crippen LogP contribution in [-0.4, -0.2) is 0 Å². The maximum atomic E-state index is 5.86. The molecule has 0 fully saturated rings. The zero-order valence-corrected chi connectivity index (χ0v) is 82.3. The van der Waals surface area contributed by atoms with Crippen molar-refractivity contribution in [2.24, 2.45) is 0 Å². The molecule has 0 spiro atoms. The smallest absolute Gasteiger partial charge is 0.138 e. The lowest BCUT2D eigenvalue weighted by Crippen LogP contribution is -1.76. The fraction of sp³-hybridized carbons (Fsp3) is 0.143. The minimum atomic E-state index is 0.977. The van der Waals surface area contributed by atoms with E-state index in [4.69, 9.17) is 26.5 Å². The molecule has 0 atom stereocenters. The van der Waals surface area contributed by atoms with Crippen molar-refractivity contribution < 1.29 is 26.5 Å². The van der Waals surface area contributed by atoms with E-state index in [2.05, 4.69) is 392 Å². The summed E-state index contributed by atoms with van der Waals surface area (Å²) in [6.07, 6.45) is 0. The lowest BCUT2D eigenvalue weighted by atomic mass is 10.0. The van der Waals surface area contributed by atoms with E-state index in [0.29, 0.717) is 0 Å². The molecule has 135 heavy (non-hydrogen) atoms. The molecule has 27 aromatic rings. The highest BCUT2D eigenvalue weighted by molar-refractivity contribution is 7.27. The highest BCUT2D eigenvalue weighted by atomic mass is 32.1. The van der Waals surface area contributed by atoms with Crippen LogP contribution in [0.15, 0.2) is 354 Å². The van der Waals surface area contributed by atoms with Gasteiger partial charge in [-0.1, -0.05) is 248 Å².